The van der Waals surface area contributed by atoms with Gasteiger partial charge >= 0.3 is 5.69 Å². The molecule has 0 aliphatic rings. The normalized spacial score (nSPS) is 11.3. The van der Waals surface area contributed by atoms with E-state index in [2.05, 4.69) is 0 Å². The maximum absolute atomic E-state index is 10.8. The Labute approximate surface area is 111 Å². The van der Waals surface area contributed by atoms with E-state index in [-0.39, 0.29) is 23.8 Å². The standard InChI is InChI=1S/C11H16N2O5S/c1-9-4-5-11(10(8-9)13(14)15)18-6-2-3-7-19(12,16)17/h4-5,8H,2-3,6-7H2,1H3,(H2,12,16,17). The molecule has 106 valence electrons. The van der Waals surface area contributed by atoms with Gasteiger partial charge in [0.15, 0.2) is 5.75 Å². The number of sulfonamides is 1. The van der Waals surface area contributed by atoms with Gasteiger partial charge in [0, 0.05) is 6.07 Å². The van der Waals surface area contributed by atoms with Crippen LogP contribution in [0.5, 0.6) is 5.75 Å². The minimum Gasteiger partial charge on any atom is -0.487 e. The van der Waals surface area contributed by atoms with Gasteiger partial charge in [-0.2, -0.15) is 0 Å². The summed E-state index contributed by atoms with van der Waals surface area (Å²) in [5.41, 5.74) is 0.680. The summed E-state index contributed by atoms with van der Waals surface area (Å²) in [5.74, 6) is 0.0676. The van der Waals surface area contributed by atoms with Crippen molar-refractivity contribution in [1.29, 1.82) is 0 Å². The van der Waals surface area contributed by atoms with Gasteiger partial charge in [0.2, 0.25) is 10.0 Å². The lowest BCUT2D eigenvalue weighted by Crippen LogP contribution is -2.16. The maximum atomic E-state index is 10.8. The SMILES string of the molecule is Cc1ccc(OCCCCS(N)(=O)=O)c([N+](=O)[O-])c1. The van der Waals surface area contributed by atoms with Crippen molar-refractivity contribution in [2.75, 3.05) is 12.4 Å². The van der Waals surface area contributed by atoms with Crippen molar-refractivity contribution < 1.29 is 18.1 Å². The molecule has 7 nitrogen and oxygen atoms in total. The molecule has 0 fully saturated rings. The summed E-state index contributed by atoms with van der Waals surface area (Å²) in [4.78, 5) is 10.3. The monoisotopic (exact) mass is 288 g/mol. The van der Waals surface area contributed by atoms with Crippen LogP contribution >= 0.6 is 0 Å². The highest BCUT2D eigenvalue weighted by molar-refractivity contribution is 7.89. The minimum absolute atomic E-state index is 0.0913. The van der Waals surface area contributed by atoms with E-state index < -0.39 is 14.9 Å². The molecular weight excluding hydrogens is 272 g/mol. The topological polar surface area (TPSA) is 113 Å². The highest BCUT2D eigenvalue weighted by Gasteiger charge is 2.14. The number of nitrogens with zero attached hydrogens (tertiary/aromatic N) is 1. The molecule has 0 aliphatic heterocycles. The van der Waals surface area contributed by atoms with E-state index in [0.717, 1.165) is 5.56 Å². The number of nitro groups is 1. The Balaban J connectivity index is 2.52. The van der Waals surface area contributed by atoms with Gasteiger partial charge in [0.25, 0.3) is 0 Å². The Kier molecular flexibility index (Phi) is 5.25. The summed E-state index contributed by atoms with van der Waals surface area (Å²) in [6, 6.07) is 4.68. The first-order valence-electron chi connectivity index (χ1n) is 5.68. The van der Waals surface area contributed by atoms with Gasteiger partial charge in [-0.25, -0.2) is 13.6 Å². The van der Waals surface area contributed by atoms with Gasteiger partial charge in [-0.3, -0.25) is 10.1 Å². The number of hydrogen-bond donors (Lipinski definition) is 1. The molecule has 0 amide bonds. The van der Waals surface area contributed by atoms with Crippen molar-refractivity contribution in [3.8, 4) is 5.75 Å². The lowest BCUT2D eigenvalue weighted by atomic mass is 10.2. The second-order valence-corrected chi connectivity index (χ2v) is 5.88. The molecule has 19 heavy (non-hydrogen) atoms. The predicted octanol–water partition coefficient (Wildman–Crippen LogP) is 1.35. The van der Waals surface area contributed by atoms with Crippen LogP contribution in [-0.4, -0.2) is 25.7 Å². The number of rotatable bonds is 7. The number of nitro benzene ring substituents is 1. The highest BCUT2D eigenvalue weighted by atomic mass is 32.2. The molecule has 0 radical (unpaired) electrons. The summed E-state index contributed by atoms with van der Waals surface area (Å²) >= 11 is 0. The molecule has 0 saturated heterocycles. The summed E-state index contributed by atoms with van der Waals surface area (Å²) in [6.45, 7) is 1.96. The molecular formula is C11H16N2O5S. The molecule has 0 saturated carbocycles. The van der Waals surface area contributed by atoms with Crippen molar-refractivity contribution in [2.24, 2.45) is 5.14 Å². The molecule has 0 aliphatic carbocycles. The average Bonchev–Trinajstić information content (AvgIpc) is 2.28. The van der Waals surface area contributed by atoms with E-state index in [1.165, 1.54) is 12.1 Å². The third-order valence-electron chi connectivity index (χ3n) is 2.39. The number of ether oxygens (including phenoxy) is 1. The summed E-state index contributed by atoms with van der Waals surface area (Å²) in [5, 5.41) is 15.7. The molecule has 2 N–H and O–H groups in total. The lowest BCUT2D eigenvalue weighted by molar-refractivity contribution is -0.385. The van der Waals surface area contributed by atoms with Crippen LogP contribution in [0.4, 0.5) is 5.69 Å². The van der Waals surface area contributed by atoms with Gasteiger partial charge < -0.3 is 4.74 Å². The summed E-state index contributed by atoms with van der Waals surface area (Å²) in [6.07, 6.45) is 0.819. The fourth-order valence-electron chi connectivity index (χ4n) is 1.48. The number of unbranched alkanes of at least 4 members (excludes halogenated alkanes) is 1. The third kappa shape index (κ3) is 5.66. The van der Waals surface area contributed by atoms with Crippen LogP contribution in [0.25, 0.3) is 0 Å². The van der Waals surface area contributed by atoms with Crippen LogP contribution in [0.15, 0.2) is 18.2 Å². The van der Waals surface area contributed by atoms with Gasteiger partial charge in [-0.15, -0.1) is 0 Å². The van der Waals surface area contributed by atoms with E-state index in [1.54, 1.807) is 13.0 Å². The number of primary sulfonamides is 1. The Morgan fingerprint density at radius 2 is 2.05 bits per heavy atom. The Morgan fingerprint density at radius 1 is 1.37 bits per heavy atom. The first kappa shape index (κ1) is 15.4. The van der Waals surface area contributed by atoms with Crippen LogP contribution in [0, 0.1) is 17.0 Å². The molecule has 0 atom stereocenters. The van der Waals surface area contributed by atoms with Crippen LogP contribution in [-0.2, 0) is 10.0 Å². The Hall–Kier alpha value is -1.67. The molecule has 1 rings (SSSR count). The van der Waals surface area contributed by atoms with E-state index in [4.69, 9.17) is 9.88 Å². The fraction of sp³-hybridized carbons (Fsp3) is 0.455. The average molecular weight is 288 g/mol. The first-order chi connectivity index (χ1) is 8.79. The summed E-state index contributed by atoms with van der Waals surface area (Å²) in [7, 11) is -3.46. The van der Waals surface area contributed by atoms with Crippen LogP contribution in [0.3, 0.4) is 0 Å². The van der Waals surface area contributed by atoms with Gasteiger partial charge in [0.1, 0.15) is 0 Å². The van der Waals surface area contributed by atoms with Crippen molar-refractivity contribution in [3.63, 3.8) is 0 Å². The molecule has 1 aromatic rings. The van der Waals surface area contributed by atoms with Crippen molar-refractivity contribution in [2.45, 2.75) is 19.8 Å². The van der Waals surface area contributed by atoms with Crippen molar-refractivity contribution in [3.05, 3.63) is 33.9 Å². The molecule has 1 aromatic carbocycles. The number of nitrogens with two attached hydrogens (primary N) is 1. The third-order valence-corrected chi connectivity index (χ3v) is 3.25. The van der Waals surface area contributed by atoms with E-state index in [1.807, 2.05) is 0 Å². The Bertz CT molecular complexity index is 556. The lowest BCUT2D eigenvalue weighted by Gasteiger charge is -2.07. The Morgan fingerprint density at radius 3 is 2.63 bits per heavy atom. The molecule has 0 spiro atoms. The molecule has 0 heterocycles. The molecule has 0 aromatic heterocycles. The van der Waals surface area contributed by atoms with Crippen LogP contribution < -0.4 is 9.88 Å². The minimum atomic E-state index is -3.46. The number of benzene rings is 1. The molecule has 8 heteroatoms. The highest BCUT2D eigenvalue weighted by Crippen LogP contribution is 2.27. The smallest absolute Gasteiger partial charge is 0.311 e. The fourth-order valence-corrected chi connectivity index (χ4v) is 2.09. The van der Waals surface area contributed by atoms with Crippen molar-refractivity contribution >= 4 is 15.7 Å². The van der Waals surface area contributed by atoms with Gasteiger partial charge in [-0.05, 0) is 31.4 Å². The number of hydrogen-bond acceptors (Lipinski definition) is 5. The predicted molar refractivity (Wildman–Crippen MR) is 70.5 cm³/mol. The van der Waals surface area contributed by atoms with Crippen LogP contribution in [0.2, 0.25) is 0 Å². The van der Waals surface area contributed by atoms with Gasteiger partial charge in [0.05, 0.1) is 17.3 Å². The molecule has 0 bridgehead atoms. The zero-order valence-electron chi connectivity index (χ0n) is 10.5. The second-order valence-electron chi connectivity index (χ2n) is 4.15. The number of aryl methyl sites for hydroxylation is 1. The van der Waals surface area contributed by atoms with Crippen molar-refractivity contribution in [1.82, 2.24) is 0 Å². The molecule has 0 unspecified atom stereocenters. The van der Waals surface area contributed by atoms with E-state index in [0.29, 0.717) is 12.8 Å². The zero-order chi connectivity index (χ0) is 14.5. The summed E-state index contributed by atoms with van der Waals surface area (Å²) < 4.78 is 26.7. The maximum Gasteiger partial charge on any atom is 0.311 e. The quantitative estimate of drug-likeness (QED) is 0.462. The van der Waals surface area contributed by atoms with E-state index >= 15 is 0 Å². The van der Waals surface area contributed by atoms with Crippen LogP contribution in [0.1, 0.15) is 18.4 Å². The zero-order valence-corrected chi connectivity index (χ0v) is 11.4. The van der Waals surface area contributed by atoms with E-state index in [9.17, 15) is 18.5 Å². The largest absolute Gasteiger partial charge is 0.487 e. The second kappa shape index (κ2) is 6.48. The van der Waals surface area contributed by atoms with Gasteiger partial charge in [-0.1, -0.05) is 6.07 Å². The first-order valence-corrected chi connectivity index (χ1v) is 7.39.